The quantitative estimate of drug-likeness (QED) is 0.547. The highest BCUT2D eigenvalue weighted by molar-refractivity contribution is 5.75. The van der Waals surface area contributed by atoms with Crippen LogP contribution in [0.15, 0.2) is 0 Å². The molecular weight excluding hydrogens is 188 g/mol. The Morgan fingerprint density at radius 3 is 2.00 bits per heavy atom. The Balaban J connectivity index is 2.95. The molecule has 0 aliphatic rings. The Labute approximate surface area is 94.0 Å². The number of hydrogen-bond acceptors (Lipinski definition) is 2. The van der Waals surface area contributed by atoms with E-state index in [1.54, 1.807) is 0 Å². The van der Waals surface area contributed by atoms with Gasteiger partial charge in [-0.25, -0.2) is 0 Å². The molecule has 0 saturated heterocycles. The maximum atomic E-state index is 10.9. The lowest BCUT2D eigenvalue weighted by atomic mass is 10.1. The molecule has 90 valence electrons. The predicted molar refractivity (Wildman–Crippen MR) is 64.9 cm³/mol. The van der Waals surface area contributed by atoms with Gasteiger partial charge in [-0.2, -0.15) is 0 Å². The SMILES string of the molecule is CCC(=O)NCCCCCCCCNC. The molecule has 0 bridgehead atoms. The zero-order valence-electron chi connectivity index (χ0n) is 10.3. The van der Waals surface area contributed by atoms with E-state index < -0.39 is 0 Å². The third-order valence-corrected chi connectivity index (χ3v) is 2.50. The molecule has 1 amide bonds. The second-order valence-corrected chi connectivity index (χ2v) is 3.93. The average Bonchev–Trinajstić information content (AvgIpc) is 2.26. The summed E-state index contributed by atoms with van der Waals surface area (Å²) in [4.78, 5) is 10.9. The number of nitrogens with one attached hydrogen (secondary N) is 2. The molecule has 0 rings (SSSR count). The summed E-state index contributed by atoms with van der Waals surface area (Å²) in [6.07, 6.45) is 8.19. The molecule has 0 atom stereocenters. The van der Waals surface area contributed by atoms with Crippen molar-refractivity contribution in [3.63, 3.8) is 0 Å². The molecule has 3 heteroatoms. The highest BCUT2D eigenvalue weighted by Gasteiger charge is 1.95. The van der Waals surface area contributed by atoms with E-state index in [1.165, 1.54) is 32.1 Å². The van der Waals surface area contributed by atoms with Gasteiger partial charge in [0.2, 0.25) is 5.91 Å². The first-order valence-corrected chi connectivity index (χ1v) is 6.22. The molecular formula is C12H26N2O. The topological polar surface area (TPSA) is 41.1 Å². The molecule has 0 aromatic heterocycles. The molecule has 2 N–H and O–H groups in total. The molecule has 0 saturated carbocycles. The number of amides is 1. The van der Waals surface area contributed by atoms with Crippen molar-refractivity contribution in [3.05, 3.63) is 0 Å². The summed E-state index contributed by atoms with van der Waals surface area (Å²) in [7, 11) is 2.00. The Hall–Kier alpha value is -0.570. The normalized spacial score (nSPS) is 10.3. The number of carbonyl (C=O) groups is 1. The first-order valence-electron chi connectivity index (χ1n) is 6.22. The third kappa shape index (κ3) is 11.4. The molecule has 0 aromatic rings. The van der Waals surface area contributed by atoms with Gasteiger partial charge >= 0.3 is 0 Å². The van der Waals surface area contributed by atoms with Crippen molar-refractivity contribution < 1.29 is 4.79 Å². The Bertz CT molecular complexity index is 149. The summed E-state index contributed by atoms with van der Waals surface area (Å²) in [6.45, 7) is 3.87. The van der Waals surface area contributed by atoms with Crippen molar-refractivity contribution in [3.8, 4) is 0 Å². The first-order chi connectivity index (χ1) is 7.31. The summed E-state index contributed by atoms with van der Waals surface area (Å²) >= 11 is 0. The standard InChI is InChI=1S/C12H26N2O/c1-3-12(15)14-11-9-7-5-4-6-8-10-13-2/h13H,3-11H2,1-2H3,(H,14,15). The molecule has 0 fully saturated rings. The monoisotopic (exact) mass is 214 g/mol. The lowest BCUT2D eigenvalue weighted by Crippen LogP contribution is -2.23. The molecule has 0 radical (unpaired) electrons. The van der Waals surface area contributed by atoms with Crippen LogP contribution in [0.1, 0.15) is 51.9 Å². The van der Waals surface area contributed by atoms with E-state index >= 15 is 0 Å². The Morgan fingerprint density at radius 1 is 0.933 bits per heavy atom. The van der Waals surface area contributed by atoms with E-state index in [0.29, 0.717) is 6.42 Å². The predicted octanol–water partition coefficient (Wildman–Crippen LogP) is 2.07. The van der Waals surface area contributed by atoms with Crippen LogP contribution < -0.4 is 10.6 Å². The van der Waals surface area contributed by atoms with Crippen molar-refractivity contribution in [2.75, 3.05) is 20.1 Å². The van der Waals surface area contributed by atoms with Gasteiger partial charge in [0.15, 0.2) is 0 Å². The van der Waals surface area contributed by atoms with E-state index in [4.69, 9.17) is 0 Å². The molecule has 0 heterocycles. The van der Waals surface area contributed by atoms with Gasteiger partial charge in [0.1, 0.15) is 0 Å². The van der Waals surface area contributed by atoms with Crippen LogP contribution in [0.2, 0.25) is 0 Å². The van der Waals surface area contributed by atoms with Crippen LogP contribution in [-0.2, 0) is 4.79 Å². The van der Waals surface area contributed by atoms with Gasteiger partial charge in [0.05, 0.1) is 0 Å². The second kappa shape index (κ2) is 11.5. The molecule has 0 aliphatic carbocycles. The van der Waals surface area contributed by atoms with Crippen molar-refractivity contribution in [2.45, 2.75) is 51.9 Å². The van der Waals surface area contributed by atoms with Crippen LogP contribution in [0.4, 0.5) is 0 Å². The fraction of sp³-hybridized carbons (Fsp3) is 0.917. The summed E-state index contributed by atoms with van der Waals surface area (Å²) in [5, 5.41) is 6.04. The summed E-state index contributed by atoms with van der Waals surface area (Å²) in [5.41, 5.74) is 0. The summed E-state index contributed by atoms with van der Waals surface area (Å²) in [6, 6.07) is 0. The lowest BCUT2D eigenvalue weighted by Gasteiger charge is -2.03. The third-order valence-electron chi connectivity index (χ3n) is 2.50. The van der Waals surface area contributed by atoms with Crippen LogP contribution in [0.3, 0.4) is 0 Å². The van der Waals surface area contributed by atoms with Gasteiger partial charge in [-0.15, -0.1) is 0 Å². The van der Waals surface area contributed by atoms with Crippen molar-refractivity contribution in [2.24, 2.45) is 0 Å². The van der Waals surface area contributed by atoms with Gasteiger partial charge in [-0.1, -0.05) is 32.6 Å². The smallest absolute Gasteiger partial charge is 0.219 e. The van der Waals surface area contributed by atoms with E-state index in [2.05, 4.69) is 10.6 Å². The van der Waals surface area contributed by atoms with Crippen LogP contribution in [0, 0.1) is 0 Å². The molecule has 3 nitrogen and oxygen atoms in total. The van der Waals surface area contributed by atoms with Gasteiger partial charge in [0.25, 0.3) is 0 Å². The highest BCUT2D eigenvalue weighted by atomic mass is 16.1. The van der Waals surface area contributed by atoms with Crippen LogP contribution in [-0.4, -0.2) is 26.0 Å². The maximum absolute atomic E-state index is 10.9. The van der Waals surface area contributed by atoms with Crippen LogP contribution in [0.25, 0.3) is 0 Å². The fourth-order valence-corrected chi connectivity index (χ4v) is 1.49. The van der Waals surface area contributed by atoms with E-state index in [1.807, 2.05) is 14.0 Å². The molecule has 0 aromatic carbocycles. The van der Waals surface area contributed by atoms with Gasteiger partial charge in [0, 0.05) is 13.0 Å². The average molecular weight is 214 g/mol. The minimum Gasteiger partial charge on any atom is -0.356 e. The molecule has 0 unspecified atom stereocenters. The Morgan fingerprint density at radius 2 is 1.47 bits per heavy atom. The number of carbonyl (C=O) groups excluding carboxylic acids is 1. The lowest BCUT2D eigenvalue weighted by molar-refractivity contribution is -0.120. The minimum atomic E-state index is 0.170. The molecule has 15 heavy (non-hydrogen) atoms. The Kier molecular flexibility index (Phi) is 11.1. The van der Waals surface area contributed by atoms with Gasteiger partial charge in [-0.3, -0.25) is 4.79 Å². The van der Waals surface area contributed by atoms with Crippen LogP contribution in [0.5, 0.6) is 0 Å². The maximum Gasteiger partial charge on any atom is 0.219 e. The number of unbranched alkanes of at least 4 members (excludes halogenated alkanes) is 5. The number of hydrogen-bond donors (Lipinski definition) is 2. The molecule has 0 spiro atoms. The zero-order chi connectivity index (χ0) is 11.4. The van der Waals surface area contributed by atoms with Crippen molar-refractivity contribution in [1.29, 1.82) is 0 Å². The van der Waals surface area contributed by atoms with Gasteiger partial charge < -0.3 is 10.6 Å². The van der Waals surface area contributed by atoms with E-state index in [0.717, 1.165) is 19.5 Å². The minimum absolute atomic E-state index is 0.170. The summed E-state index contributed by atoms with van der Waals surface area (Å²) in [5.74, 6) is 0.170. The van der Waals surface area contributed by atoms with Gasteiger partial charge in [-0.05, 0) is 26.4 Å². The zero-order valence-corrected chi connectivity index (χ0v) is 10.3. The number of rotatable bonds is 10. The fourth-order valence-electron chi connectivity index (χ4n) is 1.49. The molecule has 0 aliphatic heterocycles. The van der Waals surface area contributed by atoms with Crippen molar-refractivity contribution >= 4 is 5.91 Å². The largest absolute Gasteiger partial charge is 0.356 e. The summed E-state index contributed by atoms with van der Waals surface area (Å²) < 4.78 is 0. The highest BCUT2D eigenvalue weighted by Crippen LogP contribution is 2.04. The van der Waals surface area contributed by atoms with E-state index in [9.17, 15) is 4.79 Å². The van der Waals surface area contributed by atoms with Crippen LogP contribution >= 0.6 is 0 Å². The van der Waals surface area contributed by atoms with Crippen molar-refractivity contribution in [1.82, 2.24) is 10.6 Å². The first kappa shape index (κ1) is 14.4. The second-order valence-electron chi connectivity index (χ2n) is 3.93. The van der Waals surface area contributed by atoms with E-state index in [-0.39, 0.29) is 5.91 Å².